The fourth-order valence-corrected chi connectivity index (χ4v) is 3.76. The molecule has 0 saturated carbocycles. The van der Waals surface area contributed by atoms with Crippen molar-refractivity contribution in [3.63, 3.8) is 0 Å². The van der Waals surface area contributed by atoms with Gasteiger partial charge in [0.2, 0.25) is 0 Å². The van der Waals surface area contributed by atoms with Gasteiger partial charge in [0.15, 0.2) is 11.0 Å². The van der Waals surface area contributed by atoms with Gasteiger partial charge in [0, 0.05) is 16.0 Å². The van der Waals surface area contributed by atoms with Crippen molar-refractivity contribution >= 4 is 29.1 Å². The zero-order valence-corrected chi connectivity index (χ0v) is 17.4. The van der Waals surface area contributed by atoms with Crippen LogP contribution in [0.2, 0.25) is 5.02 Å². The highest BCUT2D eigenvalue weighted by atomic mass is 35.5. The summed E-state index contributed by atoms with van der Waals surface area (Å²) < 4.78 is 2.01. The van der Waals surface area contributed by atoms with Crippen LogP contribution in [0.4, 0.5) is 0 Å². The largest absolute Gasteiger partial charge is 0.298 e. The van der Waals surface area contributed by atoms with Crippen LogP contribution in [0.5, 0.6) is 0 Å². The molecular weight excluding hydrogens is 378 g/mol. The summed E-state index contributed by atoms with van der Waals surface area (Å²) >= 11 is 7.45. The Balaban J connectivity index is 2.05. The predicted molar refractivity (Wildman–Crippen MR) is 112 cm³/mol. The van der Waals surface area contributed by atoms with Gasteiger partial charge in [-0.05, 0) is 42.8 Å². The summed E-state index contributed by atoms with van der Waals surface area (Å²) in [5.74, 6) is 1.26. The predicted octanol–water partition coefficient (Wildman–Crippen LogP) is 5.60. The second-order valence-electron chi connectivity index (χ2n) is 7.40. The zero-order chi connectivity index (χ0) is 19.6. The van der Waals surface area contributed by atoms with Gasteiger partial charge < -0.3 is 0 Å². The maximum atomic E-state index is 12.4. The molecule has 4 nitrogen and oxygen atoms in total. The lowest BCUT2D eigenvalue weighted by Crippen LogP contribution is -2.22. The Labute approximate surface area is 169 Å². The molecule has 0 amide bonds. The molecule has 0 atom stereocenters. The number of para-hydroxylation sites is 1. The van der Waals surface area contributed by atoms with Crippen molar-refractivity contribution in [1.82, 2.24) is 14.8 Å². The summed E-state index contributed by atoms with van der Waals surface area (Å²) in [4.78, 5) is 12.4. The van der Waals surface area contributed by atoms with E-state index in [9.17, 15) is 4.79 Å². The Bertz CT molecular complexity index is 958. The second kappa shape index (κ2) is 7.87. The number of thioether (sulfide) groups is 1. The Morgan fingerprint density at radius 1 is 1.07 bits per heavy atom. The molecule has 0 fully saturated rings. The normalized spacial score (nSPS) is 11.6. The van der Waals surface area contributed by atoms with Gasteiger partial charge in [-0.25, -0.2) is 0 Å². The van der Waals surface area contributed by atoms with Crippen molar-refractivity contribution in [2.24, 2.45) is 5.41 Å². The van der Waals surface area contributed by atoms with Crippen molar-refractivity contribution in [1.29, 1.82) is 0 Å². The van der Waals surface area contributed by atoms with E-state index in [1.807, 2.05) is 67.8 Å². The lowest BCUT2D eigenvalue weighted by atomic mass is 9.92. The highest BCUT2D eigenvalue weighted by Crippen LogP contribution is 2.31. The number of aromatic nitrogens is 3. The molecule has 0 radical (unpaired) electrons. The smallest absolute Gasteiger partial charge is 0.196 e. The summed E-state index contributed by atoms with van der Waals surface area (Å²) in [6.07, 6.45) is 0. The van der Waals surface area contributed by atoms with E-state index in [1.165, 1.54) is 11.8 Å². The molecular formula is C21H22ClN3OS. The zero-order valence-electron chi connectivity index (χ0n) is 15.9. The van der Waals surface area contributed by atoms with E-state index in [1.54, 1.807) is 0 Å². The third-order valence-corrected chi connectivity index (χ3v) is 5.44. The first-order valence-electron chi connectivity index (χ1n) is 8.71. The summed E-state index contributed by atoms with van der Waals surface area (Å²) in [5.41, 5.74) is 2.65. The number of ketones is 1. The van der Waals surface area contributed by atoms with E-state index in [2.05, 4.69) is 23.2 Å². The molecule has 0 bridgehead atoms. The Kier molecular flexibility index (Phi) is 5.72. The lowest BCUT2D eigenvalue weighted by molar-refractivity contribution is -0.123. The van der Waals surface area contributed by atoms with Crippen LogP contribution in [0.3, 0.4) is 0 Å². The number of benzene rings is 2. The minimum atomic E-state index is -0.375. The summed E-state index contributed by atoms with van der Waals surface area (Å²) in [6.45, 7) is 7.85. The van der Waals surface area contributed by atoms with Crippen molar-refractivity contribution in [3.05, 3.63) is 59.1 Å². The van der Waals surface area contributed by atoms with E-state index in [4.69, 9.17) is 11.6 Å². The highest BCUT2D eigenvalue weighted by molar-refractivity contribution is 7.99. The minimum Gasteiger partial charge on any atom is -0.298 e. The van der Waals surface area contributed by atoms with Crippen molar-refractivity contribution in [2.45, 2.75) is 32.9 Å². The first-order valence-corrected chi connectivity index (χ1v) is 10.1. The molecule has 0 aliphatic carbocycles. The van der Waals surface area contributed by atoms with Gasteiger partial charge in [-0.15, -0.1) is 10.2 Å². The number of hydrogen-bond acceptors (Lipinski definition) is 4. The molecule has 27 heavy (non-hydrogen) atoms. The van der Waals surface area contributed by atoms with Gasteiger partial charge in [-0.2, -0.15) is 0 Å². The fraction of sp³-hybridized carbons (Fsp3) is 0.286. The van der Waals surface area contributed by atoms with Crippen LogP contribution in [0.25, 0.3) is 17.1 Å². The van der Waals surface area contributed by atoms with E-state index >= 15 is 0 Å². The molecule has 0 aliphatic rings. The topological polar surface area (TPSA) is 47.8 Å². The highest BCUT2D eigenvalue weighted by Gasteiger charge is 2.23. The third kappa shape index (κ3) is 4.42. The Hall–Kier alpha value is -2.11. The number of aryl methyl sites for hydroxylation is 1. The maximum Gasteiger partial charge on any atom is 0.196 e. The summed E-state index contributed by atoms with van der Waals surface area (Å²) in [7, 11) is 0. The van der Waals surface area contributed by atoms with E-state index in [-0.39, 0.29) is 11.2 Å². The van der Waals surface area contributed by atoms with Crippen molar-refractivity contribution in [2.75, 3.05) is 5.75 Å². The fourth-order valence-electron chi connectivity index (χ4n) is 2.53. The molecule has 0 saturated heterocycles. The molecule has 0 N–H and O–H groups in total. The van der Waals surface area contributed by atoms with Gasteiger partial charge in [-0.3, -0.25) is 9.36 Å². The molecule has 140 valence electrons. The van der Waals surface area contributed by atoms with Gasteiger partial charge in [0.25, 0.3) is 0 Å². The van der Waals surface area contributed by atoms with Gasteiger partial charge in [0.1, 0.15) is 5.78 Å². The standard InChI is InChI=1S/C21H22ClN3OS/c1-14-7-5-6-8-17(14)25-19(15-9-11-16(22)12-10-15)23-24-20(25)27-13-18(26)21(2,3)4/h5-12H,13H2,1-4H3. The molecule has 1 aromatic heterocycles. The van der Waals surface area contributed by atoms with Crippen molar-refractivity contribution < 1.29 is 4.79 Å². The number of nitrogens with zero attached hydrogens (tertiary/aromatic N) is 3. The Morgan fingerprint density at radius 2 is 1.74 bits per heavy atom. The first-order chi connectivity index (χ1) is 12.8. The van der Waals surface area contributed by atoms with Gasteiger partial charge in [-0.1, -0.05) is 62.3 Å². The molecule has 1 heterocycles. The minimum absolute atomic E-state index is 0.180. The molecule has 0 unspecified atom stereocenters. The van der Waals surface area contributed by atoms with Crippen LogP contribution in [0.1, 0.15) is 26.3 Å². The first kappa shape index (κ1) is 19.6. The van der Waals surface area contributed by atoms with Crippen LogP contribution < -0.4 is 0 Å². The van der Waals surface area contributed by atoms with Crippen molar-refractivity contribution in [3.8, 4) is 17.1 Å². The van der Waals surface area contributed by atoms with Crippen LogP contribution >= 0.6 is 23.4 Å². The third-order valence-electron chi connectivity index (χ3n) is 4.26. The average molecular weight is 400 g/mol. The number of rotatable bonds is 5. The molecule has 0 aliphatic heterocycles. The van der Waals surface area contributed by atoms with Crippen LogP contribution in [0.15, 0.2) is 53.7 Å². The number of hydrogen-bond donors (Lipinski definition) is 0. The number of halogens is 1. The van der Waals surface area contributed by atoms with E-state index < -0.39 is 0 Å². The number of Topliss-reactive ketones (excluding diaryl/α,β-unsaturated/α-hetero) is 1. The second-order valence-corrected chi connectivity index (χ2v) is 8.78. The molecule has 3 rings (SSSR count). The maximum absolute atomic E-state index is 12.4. The lowest BCUT2D eigenvalue weighted by Gasteiger charge is -2.16. The number of carbonyl (C=O) groups is 1. The molecule has 2 aromatic carbocycles. The molecule has 3 aromatic rings. The SMILES string of the molecule is Cc1ccccc1-n1c(SCC(=O)C(C)(C)C)nnc1-c1ccc(Cl)cc1. The molecule has 0 spiro atoms. The van der Waals surface area contributed by atoms with Gasteiger partial charge in [0.05, 0.1) is 11.4 Å². The Morgan fingerprint density at radius 3 is 2.37 bits per heavy atom. The van der Waals surface area contributed by atoms with Crippen LogP contribution in [-0.2, 0) is 4.79 Å². The number of carbonyl (C=O) groups excluding carboxylic acids is 1. The average Bonchev–Trinajstić information content (AvgIpc) is 3.03. The van der Waals surface area contributed by atoms with Crippen LogP contribution in [0, 0.1) is 12.3 Å². The van der Waals surface area contributed by atoms with E-state index in [0.29, 0.717) is 15.9 Å². The summed E-state index contributed by atoms with van der Waals surface area (Å²) in [5, 5.41) is 10.2. The summed E-state index contributed by atoms with van der Waals surface area (Å²) in [6, 6.07) is 15.6. The quantitative estimate of drug-likeness (QED) is 0.523. The molecule has 6 heteroatoms. The van der Waals surface area contributed by atoms with Gasteiger partial charge >= 0.3 is 0 Å². The van der Waals surface area contributed by atoms with Crippen LogP contribution in [-0.4, -0.2) is 26.3 Å². The monoisotopic (exact) mass is 399 g/mol. The van der Waals surface area contributed by atoms with E-state index in [0.717, 1.165) is 22.6 Å².